The summed E-state index contributed by atoms with van der Waals surface area (Å²) in [6, 6.07) is 21.5. The maximum Gasteiger partial charge on any atom is 0.414 e. The van der Waals surface area contributed by atoms with Gasteiger partial charge in [0.1, 0.15) is 16.8 Å². The van der Waals surface area contributed by atoms with E-state index in [9.17, 15) is 24.3 Å². The summed E-state index contributed by atoms with van der Waals surface area (Å²) >= 11 is 1.65. The van der Waals surface area contributed by atoms with Gasteiger partial charge in [-0.3, -0.25) is 19.3 Å². The number of ether oxygens (including phenoxy) is 2. The Kier molecular flexibility index (Phi) is 9.83. The SMILES string of the molecule is CN(C)c1ccc2nc(-c3ccc(-c4ccc(OC(=O)NCCOCCN5C(=O)CCC(N6Cc7cc(O)ccc7C6=O)C5=O)nc4)cc3)sc2c1. The second-order valence-electron chi connectivity index (χ2n) is 12.7. The van der Waals surface area contributed by atoms with Gasteiger partial charge in [0.05, 0.1) is 30.0 Å². The normalized spacial score (nSPS) is 15.7. The quantitative estimate of drug-likeness (QED) is 0.140. The molecule has 1 fully saturated rings. The molecule has 1 unspecified atom stereocenters. The summed E-state index contributed by atoms with van der Waals surface area (Å²) in [6.07, 6.45) is 1.30. The van der Waals surface area contributed by atoms with Crippen molar-refractivity contribution in [2.75, 3.05) is 45.3 Å². The molecule has 7 rings (SSSR count). The van der Waals surface area contributed by atoms with Crippen LogP contribution in [-0.2, 0) is 20.9 Å². The van der Waals surface area contributed by atoms with Crippen molar-refractivity contribution in [3.63, 3.8) is 0 Å². The molecule has 0 aliphatic carbocycles. The summed E-state index contributed by atoms with van der Waals surface area (Å²) in [5.74, 6) is -0.893. The monoisotopic (exact) mass is 720 g/mol. The second-order valence-corrected chi connectivity index (χ2v) is 13.7. The van der Waals surface area contributed by atoms with E-state index < -0.39 is 18.0 Å². The number of benzene rings is 3. The zero-order valence-corrected chi connectivity index (χ0v) is 29.4. The van der Waals surface area contributed by atoms with Crippen LogP contribution in [0.25, 0.3) is 31.9 Å². The predicted octanol–water partition coefficient (Wildman–Crippen LogP) is 5.08. The van der Waals surface area contributed by atoms with E-state index in [1.807, 2.05) is 50.5 Å². The molecule has 1 atom stereocenters. The number of phenolic OH excluding ortho intramolecular Hbond substituents is 1. The number of amides is 4. The summed E-state index contributed by atoms with van der Waals surface area (Å²) in [4.78, 5) is 64.7. The fraction of sp³-hybridized carbons (Fsp3) is 0.263. The molecule has 1 saturated heterocycles. The third kappa shape index (κ3) is 7.29. The molecular weight excluding hydrogens is 685 g/mol. The fourth-order valence-electron chi connectivity index (χ4n) is 6.27. The molecule has 0 saturated carbocycles. The number of piperidine rings is 1. The van der Waals surface area contributed by atoms with Crippen LogP contribution >= 0.6 is 11.3 Å². The van der Waals surface area contributed by atoms with Gasteiger partial charge in [0.15, 0.2) is 0 Å². The van der Waals surface area contributed by atoms with Crippen LogP contribution in [0.3, 0.4) is 0 Å². The van der Waals surface area contributed by atoms with E-state index in [2.05, 4.69) is 27.3 Å². The van der Waals surface area contributed by atoms with Crippen molar-refractivity contribution in [2.24, 2.45) is 0 Å². The number of hydrogen-bond acceptors (Lipinski definition) is 11. The number of hydrogen-bond donors (Lipinski definition) is 2. The first kappa shape index (κ1) is 34.6. The van der Waals surface area contributed by atoms with Crippen molar-refractivity contribution in [3.05, 3.63) is 90.1 Å². The summed E-state index contributed by atoms with van der Waals surface area (Å²) in [6.45, 7) is 0.525. The number of rotatable bonds is 11. The number of carbonyl (C=O) groups is 4. The van der Waals surface area contributed by atoms with Gasteiger partial charge < -0.3 is 29.7 Å². The highest BCUT2D eigenvalue weighted by atomic mass is 32.1. The van der Waals surface area contributed by atoms with E-state index in [-0.39, 0.29) is 69.1 Å². The van der Waals surface area contributed by atoms with E-state index in [1.165, 1.54) is 17.0 Å². The van der Waals surface area contributed by atoms with Crippen LogP contribution in [-0.4, -0.2) is 95.1 Å². The maximum absolute atomic E-state index is 13.2. The molecular formula is C38H36N6O7S. The molecule has 0 bridgehead atoms. The molecule has 0 radical (unpaired) electrons. The summed E-state index contributed by atoms with van der Waals surface area (Å²) in [5, 5.41) is 13.3. The zero-order chi connectivity index (χ0) is 36.4. The molecule has 4 heterocycles. The lowest BCUT2D eigenvalue weighted by Gasteiger charge is -2.35. The van der Waals surface area contributed by atoms with Crippen molar-refractivity contribution in [3.8, 4) is 33.3 Å². The highest BCUT2D eigenvalue weighted by Crippen LogP contribution is 2.34. The number of nitrogens with zero attached hydrogens (tertiary/aromatic N) is 5. The minimum Gasteiger partial charge on any atom is -0.508 e. The Labute approximate surface area is 303 Å². The van der Waals surface area contributed by atoms with Crippen LogP contribution in [0.15, 0.2) is 79.0 Å². The predicted molar refractivity (Wildman–Crippen MR) is 195 cm³/mol. The first-order valence-electron chi connectivity index (χ1n) is 16.8. The summed E-state index contributed by atoms with van der Waals surface area (Å²) in [5.41, 5.74) is 6.04. The van der Waals surface area contributed by atoms with E-state index in [0.717, 1.165) is 42.5 Å². The molecule has 2 aromatic heterocycles. The molecule has 2 aliphatic rings. The Morgan fingerprint density at radius 2 is 1.77 bits per heavy atom. The molecule has 0 spiro atoms. The van der Waals surface area contributed by atoms with Crippen LogP contribution in [0.4, 0.5) is 10.5 Å². The molecule has 4 amide bonds. The van der Waals surface area contributed by atoms with Gasteiger partial charge in [0.25, 0.3) is 11.8 Å². The number of aromatic nitrogens is 2. The average Bonchev–Trinajstić information content (AvgIpc) is 3.71. The number of carbonyl (C=O) groups excluding carboxylic acids is 4. The lowest BCUT2D eigenvalue weighted by Crippen LogP contribution is -2.55. The van der Waals surface area contributed by atoms with Crippen LogP contribution in [0, 0.1) is 0 Å². The Bertz CT molecular complexity index is 2150. The minimum atomic E-state index is -0.771. The third-order valence-electron chi connectivity index (χ3n) is 9.04. The standard InChI is InChI=1S/C38H36N6O7S/c1-42(2)27-8-11-30-32(20-27)52-35(41-30)24-5-3-23(4-6-24)25-7-13-33(40-21-25)51-38(49)39-15-17-50-18-16-43-34(46)14-12-31(37(43)48)44-22-26-19-28(45)9-10-29(26)36(44)47/h3-11,13,19-21,31,45H,12,14-18,22H2,1-2H3,(H,39,49). The van der Waals surface area contributed by atoms with Crippen molar-refractivity contribution in [1.29, 1.82) is 0 Å². The van der Waals surface area contributed by atoms with Gasteiger partial charge in [-0.1, -0.05) is 24.3 Å². The van der Waals surface area contributed by atoms with Gasteiger partial charge in [-0.25, -0.2) is 14.8 Å². The molecule has 2 aliphatic heterocycles. The van der Waals surface area contributed by atoms with Gasteiger partial charge in [0, 0.05) is 68.2 Å². The van der Waals surface area contributed by atoms with Crippen LogP contribution in [0.5, 0.6) is 11.6 Å². The number of pyridine rings is 1. The van der Waals surface area contributed by atoms with Crippen molar-refractivity contribution in [2.45, 2.75) is 25.4 Å². The fourth-order valence-corrected chi connectivity index (χ4v) is 7.28. The van der Waals surface area contributed by atoms with Crippen LogP contribution in [0.2, 0.25) is 0 Å². The molecule has 52 heavy (non-hydrogen) atoms. The highest BCUT2D eigenvalue weighted by Gasteiger charge is 2.42. The van der Waals surface area contributed by atoms with Crippen LogP contribution in [0.1, 0.15) is 28.8 Å². The van der Waals surface area contributed by atoms with Crippen molar-refractivity contribution >= 4 is 51.1 Å². The van der Waals surface area contributed by atoms with E-state index in [4.69, 9.17) is 14.5 Å². The summed E-state index contributed by atoms with van der Waals surface area (Å²) < 4.78 is 12.0. The Hall–Kier alpha value is -5.86. The first-order chi connectivity index (χ1) is 25.1. The lowest BCUT2D eigenvalue weighted by molar-refractivity contribution is -0.153. The number of nitrogens with one attached hydrogen (secondary N) is 1. The lowest BCUT2D eigenvalue weighted by atomic mass is 10.0. The first-order valence-corrected chi connectivity index (χ1v) is 17.6. The Morgan fingerprint density at radius 3 is 2.54 bits per heavy atom. The number of aromatic hydroxyl groups is 1. The van der Waals surface area contributed by atoms with Gasteiger partial charge in [-0.2, -0.15) is 0 Å². The smallest absolute Gasteiger partial charge is 0.414 e. The number of phenols is 1. The molecule has 14 heteroatoms. The second kappa shape index (κ2) is 14.8. The number of anilines is 1. The number of likely N-dealkylation sites (tertiary alicyclic amines) is 1. The third-order valence-corrected chi connectivity index (χ3v) is 10.1. The summed E-state index contributed by atoms with van der Waals surface area (Å²) in [7, 11) is 4.04. The van der Waals surface area contributed by atoms with Gasteiger partial charge >= 0.3 is 6.09 Å². The number of imide groups is 1. The van der Waals surface area contributed by atoms with Gasteiger partial charge in [-0.05, 0) is 60.0 Å². The minimum absolute atomic E-state index is 0.0210. The van der Waals surface area contributed by atoms with Crippen molar-refractivity contribution < 1.29 is 33.8 Å². The van der Waals surface area contributed by atoms with Gasteiger partial charge in [-0.15, -0.1) is 11.3 Å². The van der Waals surface area contributed by atoms with Crippen molar-refractivity contribution in [1.82, 2.24) is 25.1 Å². The van der Waals surface area contributed by atoms with E-state index in [1.54, 1.807) is 29.7 Å². The van der Waals surface area contributed by atoms with E-state index in [0.29, 0.717) is 11.1 Å². The largest absolute Gasteiger partial charge is 0.508 e. The molecule has 266 valence electrons. The average molecular weight is 721 g/mol. The molecule has 5 aromatic rings. The van der Waals surface area contributed by atoms with Gasteiger partial charge in [0.2, 0.25) is 11.8 Å². The molecule has 13 nitrogen and oxygen atoms in total. The zero-order valence-electron chi connectivity index (χ0n) is 28.6. The molecule has 3 aromatic carbocycles. The maximum atomic E-state index is 13.2. The Balaban J connectivity index is 0.837. The Morgan fingerprint density at radius 1 is 0.981 bits per heavy atom. The van der Waals surface area contributed by atoms with E-state index >= 15 is 0 Å². The van der Waals surface area contributed by atoms with Crippen LogP contribution < -0.4 is 15.0 Å². The molecule has 2 N–H and O–H groups in total. The number of thiazole rings is 1. The topological polar surface area (TPSA) is 154 Å². The highest BCUT2D eigenvalue weighted by molar-refractivity contribution is 7.21. The number of fused-ring (bicyclic) bond motifs is 2.